The number of unbranched alkanes of at least 4 members (excludes halogenated alkanes) is 2. The number of ether oxygens (including phenoxy) is 3. The zero-order chi connectivity index (χ0) is 28.4. The van der Waals surface area contributed by atoms with Gasteiger partial charge in [0, 0.05) is 17.7 Å². The van der Waals surface area contributed by atoms with Gasteiger partial charge < -0.3 is 14.2 Å². The van der Waals surface area contributed by atoms with Crippen LogP contribution in [0.1, 0.15) is 35.2 Å². The van der Waals surface area contributed by atoms with Gasteiger partial charge in [0.15, 0.2) is 0 Å². The highest BCUT2D eigenvalue weighted by Crippen LogP contribution is 2.32. The summed E-state index contributed by atoms with van der Waals surface area (Å²) < 4.78 is 44.9. The molecule has 0 amide bonds. The van der Waals surface area contributed by atoms with E-state index in [0.717, 1.165) is 29.3 Å². The Balaban J connectivity index is 1.63. The van der Waals surface area contributed by atoms with E-state index in [0.29, 0.717) is 30.6 Å². The average molecular weight is 535 g/mol. The summed E-state index contributed by atoms with van der Waals surface area (Å²) in [6.45, 7) is 8.80. The molecule has 0 spiro atoms. The van der Waals surface area contributed by atoms with Crippen LogP contribution >= 0.6 is 0 Å². The lowest BCUT2D eigenvalue weighted by Gasteiger charge is -2.11. The Labute approximate surface area is 225 Å². The van der Waals surface area contributed by atoms with E-state index in [9.17, 15) is 18.8 Å². The van der Waals surface area contributed by atoms with Gasteiger partial charge in [0.1, 0.15) is 17.4 Å². The molecule has 0 aliphatic rings. The molecule has 0 saturated heterocycles. The predicted molar refractivity (Wildman–Crippen MR) is 143 cm³/mol. The van der Waals surface area contributed by atoms with Crippen molar-refractivity contribution in [3.8, 4) is 28.0 Å². The van der Waals surface area contributed by atoms with Crippen LogP contribution in [0.5, 0.6) is 5.75 Å². The summed E-state index contributed by atoms with van der Waals surface area (Å²) in [5.41, 5.74) is 2.29. The molecule has 8 heteroatoms. The number of benzene rings is 3. The third-order valence-electron chi connectivity index (χ3n) is 5.80. The number of rotatable bonds is 12. The van der Waals surface area contributed by atoms with Crippen molar-refractivity contribution in [3.63, 3.8) is 0 Å². The molecule has 0 atom stereocenters. The molecule has 202 valence electrons. The van der Waals surface area contributed by atoms with Crippen LogP contribution in [0, 0.1) is 18.6 Å². The molecule has 0 aromatic heterocycles. The van der Waals surface area contributed by atoms with Gasteiger partial charge in [0.2, 0.25) is 0 Å². The van der Waals surface area contributed by atoms with Crippen molar-refractivity contribution in [3.05, 3.63) is 103 Å². The second-order valence-electron chi connectivity index (χ2n) is 8.56. The van der Waals surface area contributed by atoms with E-state index in [1.165, 1.54) is 24.3 Å². The summed E-state index contributed by atoms with van der Waals surface area (Å²) in [7, 11) is 0. The third-order valence-corrected chi connectivity index (χ3v) is 5.80. The van der Waals surface area contributed by atoms with Crippen LogP contribution in [0.15, 0.2) is 79.9 Å². The number of aryl methyl sites for hydroxylation is 1. The van der Waals surface area contributed by atoms with E-state index in [1.807, 2.05) is 0 Å². The summed E-state index contributed by atoms with van der Waals surface area (Å²) in [6, 6.07) is 13.4. The molecule has 3 aromatic rings. The quantitative estimate of drug-likeness (QED) is 0.111. The topological polar surface area (TPSA) is 78.9 Å². The van der Waals surface area contributed by atoms with Crippen molar-refractivity contribution in [2.24, 2.45) is 0 Å². The second kappa shape index (κ2) is 13.8. The number of carbonyl (C=O) groups excluding carboxylic acids is 3. The van der Waals surface area contributed by atoms with Gasteiger partial charge in [0.05, 0.1) is 18.8 Å². The first-order chi connectivity index (χ1) is 18.7. The highest BCUT2D eigenvalue weighted by molar-refractivity contribution is 5.90. The van der Waals surface area contributed by atoms with Gasteiger partial charge in [-0.05, 0) is 78.8 Å². The number of hydrogen-bond acceptors (Lipinski definition) is 6. The number of halogens is 2. The van der Waals surface area contributed by atoms with E-state index in [2.05, 4.69) is 13.2 Å². The smallest absolute Gasteiger partial charge is 0.341 e. The zero-order valence-electron chi connectivity index (χ0n) is 21.5. The summed E-state index contributed by atoms with van der Waals surface area (Å²) in [6.07, 6.45) is 3.92. The number of carbonyl (C=O) groups is 3. The molecular formula is C31H28F2O6. The molecule has 39 heavy (non-hydrogen) atoms. The van der Waals surface area contributed by atoms with Crippen molar-refractivity contribution in [1.29, 1.82) is 0 Å². The molecule has 0 radical (unpaired) electrons. The molecule has 0 N–H and O–H groups in total. The summed E-state index contributed by atoms with van der Waals surface area (Å²) in [5, 5.41) is 0. The van der Waals surface area contributed by atoms with Gasteiger partial charge in [-0.3, -0.25) is 0 Å². The van der Waals surface area contributed by atoms with Crippen LogP contribution in [-0.4, -0.2) is 31.1 Å². The first-order valence-corrected chi connectivity index (χ1v) is 12.2. The Bertz CT molecular complexity index is 1400. The van der Waals surface area contributed by atoms with Crippen molar-refractivity contribution in [2.45, 2.75) is 26.2 Å². The molecule has 3 rings (SSSR count). The Morgan fingerprint density at radius 1 is 0.744 bits per heavy atom. The highest BCUT2D eigenvalue weighted by atomic mass is 19.1. The number of esters is 3. The van der Waals surface area contributed by atoms with E-state index >= 15 is 4.39 Å². The maximum Gasteiger partial charge on any atom is 0.341 e. The van der Waals surface area contributed by atoms with E-state index in [-0.39, 0.29) is 29.9 Å². The number of hydrogen-bond donors (Lipinski definition) is 0. The largest absolute Gasteiger partial charge is 0.463 e. The van der Waals surface area contributed by atoms with Crippen LogP contribution < -0.4 is 4.74 Å². The monoisotopic (exact) mass is 534 g/mol. The van der Waals surface area contributed by atoms with Crippen LogP contribution in [0.2, 0.25) is 0 Å². The standard InChI is InChI=1S/C31H28F2O6/c1-4-29(34)37-15-7-6-8-16-38-31(36)26-13-10-22(19-28(26)33)25-12-9-21(18-27(25)32)24-14-11-23(17-20(24)3)39-30(35)5-2/h4-5,9-14,17-19H,1-2,6-8,15-16H2,3H3. The molecule has 0 aliphatic heterocycles. The molecule has 6 nitrogen and oxygen atoms in total. The van der Waals surface area contributed by atoms with Gasteiger partial charge >= 0.3 is 17.9 Å². The molecule has 0 saturated carbocycles. The Morgan fingerprint density at radius 2 is 1.36 bits per heavy atom. The Kier molecular flexibility index (Phi) is 10.3. The van der Waals surface area contributed by atoms with Crippen molar-refractivity contribution >= 4 is 17.9 Å². The summed E-state index contributed by atoms with van der Waals surface area (Å²) in [5.74, 6) is -2.93. The van der Waals surface area contributed by atoms with Crippen molar-refractivity contribution < 1.29 is 37.4 Å². The molecule has 0 fully saturated rings. The van der Waals surface area contributed by atoms with E-state index in [4.69, 9.17) is 14.2 Å². The van der Waals surface area contributed by atoms with Crippen molar-refractivity contribution in [1.82, 2.24) is 0 Å². The fraction of sp³-hybridized carbons (Fsp3) is 0.194. The van der Waals surface area contributed by atoms with Crippen LogP contribution in [0.25, 0.3) is 22.3 Å². The van der Waals surface area contributed by atoms with E-state index < -0.39 is 29.5 Å². The molecule has 0 heterocycles. The van der Waals surface area contributed by atoms with Crippen LogP contribution in [-0.2, 0) is 19.1 Å². The maximum atomic E-state index is 15.1. The van der Waals surface area contributed by atoms with Gasteiger partial charge in [-0.2, -0.15) is 0 Å². The van der Waals surface area contributed by atoms with Gasteiger partial charge in [0.25, 0.3) is 0 Å². The highest BCUT2D eigenvalue weighted by Gasteiger charge is 2.16. The molecule has 0 aliphatic carbocycles. The minimum absolute atomic E-state index is 0.0859. The fourth-order valence-electron chi connectivity index (χ4n) is 3.80. The van der Waals surface area contributed by atoms with Gasteiger partial charge in [-0.25, -0.2) is 23.2 Å². The maximum absolute atomic E-state index is 15.1. The lowest BCUT2D eigenvalue weighted by molar-refractivity contribution is -0.137. The Hall–Kier alpha value is -4.59. The predicted octanol–water partition coefficient (Wildman–Crippen LogP) is 6.75. The second-order valence-corrected chi connectivity index (χ2v) is 8.56. The first-order valence-electron chi connectivity index (χ1n) is 12.2. The minimum Gasteiger partial charge on any atom is -0.463 e. The summed E-state index contributed by atoms with van der Waals surface area (Å²) in [4.78, 5) is 34.6. The van der Waals surface area contributed by atoms with Crippen LogP contribution in [0.4, 0.5) is 8.78 Å². The Morgan fingerprint density at radius 3 is 2.00 bits per heavy atom. The van der Waals surface area contributed by atoms with Gasteiger partial charge in [-0.15, -0.1) is 0 Å². The van der Waals surface area contributed by atoms with E-state index in [1.54, 1.807) is 31.2 Å². The van der Waals surface area contributed by atoms with Gasteiger partial charge in [-0.1, -0.05) is 37.4 Å². The fourth-order valence-corrected chi connectivity index (χ4v) is 3.80. The average Bonchev–Trinajstić information content (AvgIpc) is 2.92. The lowest BCUT2D eigenvalue weighted by atomic mass is 9.96. The molecule has 3 aromatic carbocycles. The summed E-state index contributed by atoms with van der Waals surface area (Å²) >= 11 is 0. The normalized spacial score (nSPS) is 10.4. The lowest BCUT2D eigenvalue weighted by Crippen LogP contribution is -2.09. The van der Waals surface area contributed by atoms with Crippen LogP contribution in [0.3, 0.4) is 0 Å². The molecule has 0 unspecified atom stereocenters. The molecule has 0 bridgehead atoms. The first kappa shape index (κ1) is 29.0. The van der Waals surface area contributed by atoms with Crippen molar-refractivity contribution in [2.75, 3.05) is 13.2 Å². The minimum atomic E-state index is -0.821. The molecular weight excluding hydrogens is 506 g/mol. The zero-order valence-corrected chi connectivity index (χ0v) is 21.5. The third kappa shape index (κ3) is 7.95. The SMILES string of the molecule is C=CC(=O)OCCCCCOC(=O)c1ccc(-c2ccc(-c3ccc(OC(=O)C=C)cc3C)cc2F)cc1F.